The zero-order valence-corrected chi connectivity index (χ0v) is 18.5. The largest absolute Gasteiger partial charge is 0.497 e. The van der Waals surface area contributed by atoms with Crippen molar-refractivity contribution in [2.45, 2.75) is 0 Å². The van der Waals surface area contributed by atoms with Gasteiger partial charge in [-0.3, -0.25) is 4.79 Å². The molecule has 3 aromatic carbocycles. The van der Waals surface area contributed by atoms with Crippen LogP contribution in [0, 0.1) is 0 Å². The first kappa shape index (κ1) is 21.8. The van der Waals surface area contributed by atoms with Crippen molar-refractivity contribution in [1.82, 2.24) is 9.97 Å². The Morgan fingerprint density at radius 3 is 2.36 bits per heavy atom. The molecule has 0 radical (unpaired) electrons. The normalized spacial score (nSPS) is 10.9. The summed E-state index contributed by atoms with van der Waals surface area (Å²) in [4.78, 5) is 21.4. The van der Waals surface area contributed by atoms with Crippen LogP contribution in [-0.4, -0.2) is 37.1 Å². The molecule has 0 bridgehead atoms. The number of carbonyl (C=O) groups is 1. The molecule has 1 N–H and O–H groups in total. The Hall–Kier alpha value is -4.39. The van der Waals surface area contributed by atoms with E-state index in [9.17, 15) is 4.79 Å². The second-order valence-electron chi connectivity index (χ2n) is 7.12. The summed E-state index contributed by atoms with van der Waals surface area (Å²) in [6.45, 7) is 0. The molecule has 33 heavy (non-hydrogen) atoms. The van der Waals surface area contributed by atoms with Gasteiger partial charge in [-0.2, -0.15) is 0 Å². The topological polar surface area (TPSA) is 82.6 Å². The van der Waals surface area contributed by atoms with Gasteiger partial charge in [-0.1, -0.05) is 30.3 Å². The van der Waals surface area contributed by atoms with Gasteiger partial charge in [0.2, 0.25) is 0 Å². The number of benzene rings is 3. The van der Waals surface area contributed by atoms with Crippen molar-refractivity contribution in [3.05, 3.63) is 84.2 Å². The van der Waals surface area contributed by atoms with Crippen LogP contribution in [-0.2, 0) is 0 Å². The lowest BCUT2D eigenvalue weighted by molar-refractivity contribution is 0.104. The molecule has 7 heteroatoms. The van der Waals surface area contributed by atoms with Crippen molar-refractivity contribution in [1.29, 1.82) is 0 Å². The van der Waals surface area contributed by atoms with Gasteiger partial charge in [0.1, 0.15) is 17.9 Å². The maximum Gasteiger partial charge on any atom is 0.185 e. The highest BCUT2D eigenvalue weighted by Crippen LogP contribution is 2.34. The van der Waals surface area contributed by atoms with Crippen LogP contribution in [0.2, 0.25) is 0 Å². The highest BCUT2D eigenvalue weighted by Gasteiger charge is 2.12. The molecule has 7 nitrogen and oxygen atoms in total. The van der Waals surface area contributed by atoms with Gasteiger partial charge in [0, 0.05) is 22.7 Å². The molecule has 1 heterocycles. The SMILES string of the molecule is COc1ccc(/C=C/C(=O)c2cccc(Nc3ncnc4cc(OC)c(OC)cc34)c2)cc1. The molecule has 0 amide bonds. The van der Waals surface area contributed by atoms with E-state index >= 15 is 0 Å². The molecule has 0 aliphatic carbocycles. The summed E-state index contributed by atoms with van der Waals surface area (Å²) >= 11 is 0. The summed E-state index contributed by atoms with van der Waals surface area (Å²) in [6.07, 6.45) is 4.81. The van der Waals surface area contributed by atoms with Crippen LogP contribution < -0.4 is 19.5 Å². The van der Waals surface area contributed by atoms with E-state index in [0.717, 1.165) is 22.4 Å². The Balaban J connectivity index is 1.57. The van der Waals surface area contributed by atoms with Crippen molar-refractivity contribution in [2.75, 3.05) is 26.6 Å². The Kier molecular flexibility index (Phi) is 6.50. The maximum atomic E-state index is 12.7. The highest BCUT2D eigenvalue weighted by molar-refractivity contribution is 6.07. The molecule has 1 aromatic heterocycles. The van der Waals surface area contributed by atoms with Gasteiger partial charge < -0.3 is 19.5 Å². The first-order chi connectivity index (χ1) is 16.1. The highest BCUT2D eigenvalue weighted by atomic mass is 16.5. The number of fused-ring (bicyclic) bond motifs is 1. The molecular weight excluding hydrogens is 418 g/mol. The van der Waals surface area contributed by atoms with Gasteiger partial charge >= 0.3 is 0 Å². The average Bonchev–Trinajstić information content (AvgIpc) is 2.87. The van der Waals surface area contributed by atoms with E-state index in [4.69, 9.17) is 14.2 Å². The van der Waals surface area contributed by atoms with E-state index in [1.54, 1.807) is 51.7 Å². The first-order valence-electron chi connectivity index (χ1n) is 10.2. The predicted octanol–water partition coefficient (Wildman–Crippen LogP) is 5.30. The van der Waals surface area contributed by atoms with Crippen LogP contribution in [0.15, 0.2) is 73.1 Å². The van der Waals surface area contributed by atoms with E-state index in [1.807, 2.05) is 42.5 Å². The van der Waals surface area contributed by atoms with Crippen molar-refractivity contribution in [3.8, 4) is 17.2 Å². The average molecular weight is 441 g/mol. The number of allylic oxidation sites excluding steroid dienone is 1. The Labute approximate surface area is 191 Å². The Morgan fingerprint density at radius 1 is 0.879 bits per heavy atom. The smallest absolute Gasteiger partial charge is 0.185 e. The molecule has 0 aliphatic heterocycles. The minimum absolute atomic E-state index is 0.103. The van der Waals surface area contributed by atoms with Crippen LogP contribution in [0.1, 0.15) is 15.9 Å². The van der Waals surface area contributed by atoms with Gasteiger partial charge in [-0.25, -0.2) is 9.97 Å². The standard InChI is InChI=1S/C26H23N3O4/c1-31-20-10-7-17(8-11-20)9-12-23(30)18-5-4-6-19(13-18)29-26-21-14-24(32-2)25(33-3)15-22(21)27-16-28-26/h4-16H,1-3H3,(H,27,28,29)/b12-9+. The van der Waals surface area contributed by atoms with Crippen LogP contribution in [0.4, 0.5) is 11.5 Å². The number of ketones is 1. The molecule has 0 fully saturated rings. The molecule has 0 aliphatic rings. The lowest BCUT2D eigenvalue weighted by Crippen LogP contribution is -2.00. The molecular formula is C26H23N3O4. The summed E-state index contributed by atoms with van der Waals surface area (Å²) in [7, 11) is 4.78. The van der Waals surface area contributed by atoms with Crippen LogP contribution in [0.25, 0.3) is 17.0 Å². The van der Waals surface area contributed by atoms with Gasteiger partial charge in [-0.15, -0.1) is 0 Å². The van der Waals surface area contributed by atoms with Crippen LogP contribution in [0.5, 0.6) is 17.2 Å². The van der Waals surface area contributed by atoms with Gasteiger partial charge in [-0.05, 0) is 42.0 Å². The molecule has 0 unspecified atom stereocenters. The summed E-state index contributed by atoms with van der Waals surface area (Å²) in [5, 5.41) is 4.05. The summed E-state index contributed by atoms with van der Waals surface area (Å²) in [5.41, 5.74) is 2.91. The molecule has 4 aromatic rings. The Morgan fingerprint density at radius 2 is 1.64 bits per heavy atom. The van der Waals surface area contributed by atoms with E-state index in [2.05, 4.69) is 15.3 Å². The molecule has 4 rings (SSSR count). The summed E-state index contributed by atoms with van der Waals surface area (Å²) in [6, 6.07) is 18.4. The molecule has 0 saturated heterocycles. The third-order valence-corrected chi connectivity index (χ3v) is 5.09. The number of aromatic nitrogens is 2. The number of carbonyl (C=O) groups excluding carboxylic acids is 1. The van der Waals surface area contributed by atoms with E-state index in [1.165, 1.54) is 6.33 Å². The third kappa shape index (κ3) is 4.93. The third-order valence-electron chi connectivity index (χ3n) is 5.09. The quantitative estimate of drug-likeness (QED) is 0.294. The molecule has 0 saturated carbocycles. The number of anilines is 2. The zero-order chi connectivity index (χ0) is 23.2. The number of nitrogens with one attached hydrogen (secondary N) is 1. The first-order valence-corrected chi connectivity index (χ1v) is 10.2. The number of nitrogens with zero attached hydrogens (tertiary/aromatic N) is 2. The fraction of sp³-hybridized carbons (Fsp3) is 0.115. The fourth-order valence-electron chi connectivity index (χ4n) is 3.35. The summed E-state index contributed by atoms with van der Waals surface area (Å²) < 4.78 is 15.9. The molecule has 166 valence electrons. The lowest BCUT2D eigenvalue weighted by Gasteiger charge is -2.12. The van der Waals surface area contributed by atoms with E-state index in [0.29, 0.717) is 28.4 Å². The van der Waals surface area contributed by atoms with E-state index < -0.39 is 0 Å². The van der Waals surface area contributed by atoms with Gasteiger partial charge in [0.25, 0.3) is 0 Å². The summed E-state index contributed by atoms with van der Waals surface area (Å²) in [5.74, 6) is 2.43. The molecule has 0 spiro atoms. The number of hydrogen-bond acceptors (Lipinski definition) is 7. The number of rotatable bonds is 8. The van der Waals surface area contributed by atoms with Crippen LogP contribution in [0.3, 0.4) is 0 Å². The van der Waals surface area contributed by atoms with Crippen LogP contribution >= 0.6 is 0 Å². The predicted molar refractivity (Wildman–Crippen MR) is 129 cm³/mol. The molecule has 0 atom stereocenters. The van der Waals surface area contributed by atoms with Crippen molar-refractivity contribution in [3.63, 3.8) is 0 Å². The number of ether oxygens (including phenoxy) is 3. The van der Waals surface area contributed by atoms with E-state index in [-0.39, 0.29) is 5.78 Å². The van der Waals surface area contributed by atoms with Gasteiger partial charge in [0.15, 0.2) is 17.3 Å². The fourth-order valence-corrected chi connectivity index (χ4v) is 3.35. The van der Waals surface area contributed by atoms with Crippen molar-refractivity contribution in [2.24, 2.45) is 0 Å². The van der Waals surface area contributed by atoms with Crippen molar-refractivity contribution < 1.29 is 19.0 Å². The van der Waals surface area contributed by atoms with Crippen molar-refractivity contribution >= 4 is 34.3 Å². The monoisotopic (exact) mass is 441 g/mol. The van der Waals surface area contributed by atoms with Gasteiger partial charge in [0.05, 0.1) is 26.8 Å². The number of methoxy groups -OCH3 is 3. The second-order valence-corrected chi connectivity index (χ2v) is 7.12. The zero-order valence-electron chi connectivity index (χ0n) is 18.5. The maximum absolute atomic E-state index is 12.7. The second kappa shape index (κ2) is 9.82. The lowest BCUT2D eigenvalue weighted by atomic mass is 10.1. The minimum atomic E-state index is -0.103. The number of hydrogen-bond donors (Lipinski definition) is 1. The minimum Gasteiger partial charge on any atom is -0.497 e. The Bertz CT molecular complexity index is 1320.